The molecule has 0 fully saturated rings. The molecule has 0 rings (SSSR count). The maximum atomic E-state index is 13.0. The van der Waals surface area contributed by atoms with Gasteiger partial charge in [-0.3, -0.25) is 13.8 Å². The number of allylic oxidation sites excluding steroid dienone is 15. The molecule has 0 saturated heterocycles. The lowest BCUT2D eigenvalue weighted by Crippen LogP contribution is -2.45. The normalized spacial score (nSPS) is 14.8. The van der Waals surface area contributed by atoms with Crippen molar-refractivity contribution in [2.24, 2.45) is 0 Å². The molecule has 0 spiro atoms. The van der Waals surface area contributed by atoms with Gasteiger partial charge in [0, 0.05) is 6.42 Å². The third-order valence-electron chi connectivity index (χ3n) is 11.8. The Kier molecular flexibility index (Phi) is 47.5. The van der Waals surface area contributed by atoms with E-state index < -0.39 is 20.0 Å². The minimum absolute atomic E-state index is 0.0455. The quantitative estimate of drug-likeness (QED) is 0.0243. The summed E-state index contributed by atoms with van der Waals surface area (Å²) in [6, 6.07) is -0.885. The number of unbranched alkanes of at least 4 members (excludes halogenated alkanes) is 22. The molecule has 68 heavy (non-hydrogen) atoms. The molecule has 9 heteroatoms. The Balaban J connectivity index is 4.39. The minimum Gasteiger partial charge on any atom is -0.387 e. The van der Waals surface area contributed by atoms with Crippen LogP contribution in [-0.2, 0) is 18.4 Å². The Labute approximate surface area is 419 Å². The summed E-state index contributed by atoms with van der Waals surface area (Å²) in [5.74, 6) is -0.214. The molecule has 1 amide bonds. The Morgan fingerprint density at radius 2 is 0.897 bits per heavy atom. The molecule has 0 aromatic carbocycles. The highest BCUT2D eigenvalue weighted by Gasteiger charge is 2.27. The number of nitrogens with zero attached hydrogens (tertiary/aromatic N) is 1. The summed E-state index contributed by atoms with van der Waals surface area (Å²) in [5, 5.41) is 13.9. The van der Waals surface area contributed by atoms with Crippen LogP contribution in [0.3, 0.4) is 0 Å². The average Bonchev–Trinajstić information content (AvgIpc) is 3.30. The van der Waals surface area contributed by atoms with E-state index in [-0.39, 0.29) is 19.1 Å². The lowest BCUT2D eigenvalue weighted by Gasteiger charge is -2.25. The fourth-order valence-corrected chi connectivity index (χ4v) is 8.21. The van der Waals surface area contributed by atoms with Crippen LogP contribution in [0.15, 0.2) is 97.2 Å². The lowest BCUT2D eigenvalue weighted by atomic mass is 10.0. The number of hydrogen-bond donors (Lipinski definition) is 3. The summed E-state index contributed by atoms with van der Waals surface area (Å²) in [6.07, 6.45) is 70.7. The Morgan fingerprint density at radius 1 is 0.515 bits per heavy atom. The molecule has 0 saturated carbocycles. The fraction of sp³-hybridized carbons (Fsp3) is 0.712. The molecular formula is C59H106N2O6P+. The highest BCUT2D eigenvalue weighted by molar-refractivity contribution is 7.47. The molecule has 392 valence electrons. The van der Waals surface area contributed by atoms with Gasteiger partial charge in [0.05, 0.1) is 39.9 Å². The van der Waals surface area contributed by atoms with E-state index >= 15 is 0 Å². The van der Waals surface area contributed by atoms with E-state index in [2.05, 4.69) is 104 Å². The predicted molar refractivity (Wildman–Crippen MR) is 295 cm³/mol. The number of quaternary nitrogens is 1. The lowest BCUT2D eigenvalue weighted by molar-refractivity contribution is -0.870. The smallest absolute Gasteiger partial charge is 0.387 e. The number of phosphoric acid groups is 1. The van der Waals surface area contributed by atoms with Gasteiger partial charge in [-0.1, -0.05) is 227 Å². The molecule has 0 radical (unpaired) electrons. The van der Waals surface area contributed by atoms with Crippen molar-refractivity contribution < 1.29 is 32.9 Å². The van der Waals surface area contributed by atoms with Gasteiger partial charge in [-0.15, -0.1) is 0 Å². The number of phosphoric ester groups is 1. The molecule has 3 atom stereocenters. The van der Waals surface area contributed by atoms with Gasteiger partial charge in [-0.25, -0.2) is 4.57 Å². The van der Waals surface area contributed by atoms with Crippen LogP contribution in [-0.4, -0.2) is 73.4 Å². The largest absolute Gasteiger partial charge is 0.472 e. The van der Waals surface area contributed by atoms with Crippen LogP contribution < -0.4 is 5.32 Å². The Morgan fingerprint density at radius 3 is 1.35 bits per heavy atom. The van der Waals surface area contributed by atoms with Crippen LogP contribution >= 0.6 is 7.82 Å². The van der Waals surface area contributed by atoms with Crippen LogP contribution in [0.2, 0.25) is 0 Å². The maximum absolute atomic E-state index is 13.0. The van der Waals surface area contributed by atoms with Crippen molar-refractivity contribution in [3.63, 3.8) is 0 Å². The van der Waals surface area contributed by atoms with E-state index in [9.17, 15) is 19.4 Å². The molecular weight excluding hydrogens is 864 g/mol. The second-order valence-corrected chi connectivity index (χ2v) is 21.0. The highest BCUT2D eigenvalue weighted by Crippen LogP contribution is 2.43. The molecule has 0 aliphatic heterocycles. The van der Waals surface area contributed by atoms with E-state index in [0.29, 0.717) is 17.4 Å². The number of rotatable bonds is 49. The Hall–Kier alpha value is -2.58. The molecule has 0 aromatic rings. The molecule has 3 N–H and O–H groups in total. The van der Waals surface area contributed by atoms with Gasteiger partial charge in [0.2, 0.25) is 5.91 Å². The van der Waals surface area contributed by atoms with Gasteiger partial charge in [0.25, 0.3) is 0 Å². The summed E-state index contributed by atoms with van der Waals surface area (Å²) < 4.78 is 23.7. The van der Waals surface area contributed by atoms with Crippen LogP contribution in [0.5, 0.6) is 0 Å². The van der Waals surface area contributed by atoms with Crippen molar-refractivity contribution in [2.45, 2.75) is 231 Å². The summed E-state index contributed by atoms with van der Waals surface area (Å²) in [6.45, 7) is 4.66. The van der Waals surface area contributed by atoms with E-state index in [4.69, 9.17) is 9.05 Å². The standard InChI is InChI=1S/C59H105N2O6P/c1-6-8-10-12-14-16-18-20-22-24-26-28-30-32-34-36-38-40-42-44-46-48-50-52-58(62)57(56-67-68(64,65)66-55-54-61(3,4)5)60-59(63)53-51-49-47-45-43-41-39-37-35-33-31-29-27-25-23-21-19-17-15-13-11-9-7-2/h9,11,15,17,21,23,27,29,33,35,39,41-42,44,50,52,57-58,62H,6-8,10,12-14,16,18-20,22,24-26,28,30-32,34,36-38,40,43,45-49,51,53-56H2,1-5H3,(H-,60,63,64,65)/p+1/b11-9-,17-15-,23-21-,29-27-,35-33-,41-39-,44-42+,52-50+. The van der Waals surface area contributed by atoms with Crippen LogP contribution in [0.25, 0.3) is 0 Å². The van der Waals surface area contributed by atoms with E-state index in [1.165, 1.54) is 109 Å². The van der Waals surface area contributed by atoms with Crippen molar-refractivity contribution in [1.29, 1.82) is 0 Å². The van der Waals surface area contributed by atoms with Gasteiger partial charge in [0.1, 0.15) is 13.2 Å². The monoisotopic (exact) mass is 970 g/mol. The predicted octanol–water partition coefficient (Wildman–Crippen LogP) is 16.6. The van der Waals surface area contributed by atoms with Gasteiger partial charge in [-0.2, -0.15) is 0 Å². The Bertz CT molecular complexity index is 1420. The second-order valence-electron chi connectivity index (χ2n) is 19.6. The minimum atomic E-state index is -4.37. The van der Waals surface area contributed by atoms with Gasteiger partial charge in [-0.05, 0) is 83.5 Å². The van der Waals surface area contributed by atoms with Gasteiger partial charge >= 0.3 is 7.82 Å². The number of aliphatic hydroxyl groups excluding tert-OH is 1. The van der Waals surface area contributed by atoms with Crippen LogP contribution in [0.1, 0.15) is 219 Å². The second kappa shape index (κ2) is 49.4. The third kappa shape index (κ3) is 51.3. The van der Waals surface area contributed by atoms with E-state index in [0.717, 1.165) is 89.9 Å². The molecule has 3 unspecified atom stereocenters. The first-order valence-corrected chi connectivity index (χ1v) is 29.1. The number of aliphatic hydroxyl groups is 1. The number of nitrogens with one attached hydrogen (secondary N) is 1. The van der Waals surface area contributed by atoms with Crippen molar-refractivity contribution in [3.8, 4) is 0 Å². The number of hydrogen-bond acceptors (Lipinski definition) is 5. The zero-order chi connectivity index (χ0) is 49.9. The van der Waals surface area contributed by atoms with Crippen molar-refractivity contribution in [3.05, 3.63) is 97.2 Å². The van der Waals surface area contributed by atoms with E-state index in [1.54, 1.807) is 6.08 Å². The molecule has 0 bridgehead atoms. The summed E-state index contributed by atoms with van der Waals surface area (Å²) >= 11 is 0. The van der Waals surface area contributed by atoms with Crippen molar-refractivity contribution in [2.75, 3.05) is 40.9 Å². The topological polar surface area (TPSA) is 105 Å². The third-order valence-corrected chi connectivity index (χ3v) is 12.8. The molecule has 0 aliphatic carbocycles. The molecule has 0 heterocycles. The average molecular weight is 970 g/mol. The first-order chi connectivity index (χ1) is 33.0. The first kappa shape index (κ1) is 65.4. The fourth-order valence-electron chi connectivity index (χ4n) is 7.47. The zero-order valence-electron chi connectivity index (χ0n) is 44.6. The molecule has 8 nitrogen and oxygen atoms in total. The summed E-state index contributed by atoms with van der Waals surface area (Å²) in [5.41, 5.74) is 0. The zero-order valence-corrected chi connectivity index (χ0v) is 45.5. The highest BCUT2D eigenvalue weighted by atomic mass is 31.2. The summed E-state index contributed by atoms with van der Waals surface area (Å²) in [4.78, 5) is 23.3. The van der Waals surface area contributed by atoms with E-state index in [1.807, 2.05) is 27.2 Å². The van der Waals surface area contributed by atoms with Crippen LogP contribution in [0, 0.1) is 0 Å². The van der Waals surface area contributed by atoms with Crippen molar-refractivity contribution in [1.82, 2.24) is 5.32 Å². The number of likely N-dealkylation sites (N-methyl/N-ethyl adjacent to an activating group) is 1. The number of carbonyl (C=O) groups is 1. The number of amides is 1. The first-order valence-electron chi connectivity index (χ1n) is 27.6. The molecule has 0 aromatic heterocycles. The number of carbonyl (C=O) groups excluding carboxylic acids is 1. The SMILES string of the molecule is CC/C=C\C/C=C\C/C=C\C/C=C\C/C=C\C/C=C\CCCCCCC(=O)NC(COP(=O)(O)OCC[N+](C)(C)C)C(O)/C=C/CC/C=C/CCCCCCCCCCCCCCCCCCC. The van der Waals surface area contributed by atoms with Crippen LogP contribution in [0.4, 0.5) is 0 Å². The van der Waals surface area contributed by atoms with Crippen molar-refractivity contribution >= 4 is 13.7 Å². The summed E-state index contributed by atoms with van der Waals surface area (Å²) in [7, 11) is 1.52. The molecule has 0 aliphatic rings. The van der Waals surface area contributed by atoms with Gasteiger partial charge in [0.15, 0.2) is 0 Å². The maximum Gasteiger partial charge on any atom is 0.472 e. The van der Waals surface area contributed by atoms with Gasteiger partial charge < -0.3 is 19.8 Å².